The molecule has 0 aromatic rings. The molecule has 6 rings (SSSR count). The summed E-state index contributed by atoms with van der Waals surface area (Å²) in [7, 11) is 0. The highest BCUT2D eigenvalue weighted by Crippen LogP contribution is 2.70. The lowest BCUT2D eigenvalue weighted by Crippen LogP contribution is -2.62. The second-order valence-electron chi connectivity index (χ2n) is 17.8. The highest BCUT2D eigenvalue weighted by molar-refractivity contribution is 5.15. The molecule has 4 aliphatic carbocycles. The molecule has 2 aliphatic heterocycles. The number of hydrogen-bond acceptors (Lipinski definition) is 11. The van der Waals surface area contributed by atoms with Crippen LogP contribution in [0.25, 0.3) is 0 Å². The van der Waals surface area contributed by atoms with Gasteiger partial charge in [0.25, 0.3) is 0 Å². The largest absolute Gasteiger partial charge is 0.394 e. The molecule has 0 bridgehead atoms. The number of hydrogen-bond donors (Lipinski definition) is 7. The molecule has 2 heterocycles. The van der Waals surface area contributed by atoms with Gasteiger partial charge in [-0.25, -0.2) is 0 Å². The number of rotatable bonds is 10. The summed E-state index contributed by atoms with van der Waals surface area (Å²) in [5.41, 5.74) is 2.12. The molecule has 0 spiro atoms. The average molecular weight is 723 g/mol. The quantitative estimate of drug-likeness (QED) is 0.165. The fraction of sp³-hybridized carbons (Fsp3) is 0.900. The van der Waals surface area contributed by atoms with Crippen LogP contribution < -0.4 is 0 Å². The lowest BCUT2D eigenvalue weighted by Gasteiger charge is -2.66. The van der Waals surface area contributed by atoms with Gasteiger partial charge in [-0.2, -0.15) is 0 Å². The second kappa shape index (κ2) is 15.6. The van der Waals surface area contributed by atoms with Crippen LogP contribution in [-0.2, 0) is 18.9 Å². The maximum atomic E-state index is 11.8. The number of fused-ring (bicyclic) bond motifs is 5. The van der Waals surface area contributed by atoms with E-state index in [0.717, 1.165) is 63.4 Å². The molecule has 7 N–H and O–H groups in total. The van der Waals surface area contributed by atoms with Crippen molar-refractivity contribution in [1.82, 2.24) is 0 Å². The Morgan fingerprint density at radius 2 is 1.61 bits per heavy atom. The third kappa shape index (κ3) is 7.29. The van der Waals surface area contributed by atoms with E-state index in [-0.39, 0.29) is 47.4 Å². The molecule has 11 heteroatoms. The highest BCUT2D eigenvalue weighted by atomic mass is 16.7. The van der Waals surface area contributed by atoms with Gasteiger partial charge in [0.05, 0.1) is 31.5 Å². The SMILES string of the molecule is CC(C)=CCCC(O)C1CCC2C1C(O)CC1C3(C)CCC(OC4OC(CO)C(C)=CC4OC4OC(CO)C(O)C(O)C4O)C(C)C3CCC21C. The molecule has 51 heavy (non-hydrogen) atoms. The van der Waals surface area contributed by atoms with Gasteiger partial charge in [0.1, 0.15) is 36.6 Å². The van der Waals surface area contributed by atoms with E-state index in [9.17, 15) is 35.7 Å². The normalized spacial score (nSPS) is 50.4. The van der Waals surface area contributed by atoms with Crippen molar-refractivity contribution in [3.05, 3.63) is 23.3 Å². The summed E-state index contributed by atoms with van der Waals surface area (Å²) in [5.74, 6) is 1.60. The van der Waals surface area contributed by atoms with Crippen molar-refractivity contribution in [2.24, 2.45) is 46.3 Å². The first-order valence-electron chi connectivity index (χ1n) is 19.7. The Kier molecular flexibility index (Phi) is 12.2. The Hall–Kier alpha value is -0.960. The van der Waals surface area contributed by atoms with Crippen LogP contribution in [0.4, 0.5) is 0 Å². The van der Waals surface area contributed by atoms with Crippen LogP contribution in [0.1, 0.15) is 99.3 Å². The van der Waals surface area contributed by atoms with E-state index in [2.05, 4.69) is 40.7 Å². The van der Waals surface area contributed by atoms with Crippen molar-refractivity contribution in [1.29, 1.82) is 0 Å². The van der Waals surface area contributed by atoms with Gasteiger partial charge >= 0.3 is 0 Å². The number of ether oxygens (including phenoxy) is 4. The van der Waals surface area contributed by atoms with Crippen LogP contribution in [0.2, 0.25) is 0 Å². The predicted octanol–water partition coefficient (Wildman–Crippen LogP) is 3.20. The minimum Gasteiger partial charge on any atom is -0.394 e. The van der Waals surface area contributed by atoms with Gasteiger partial charge in [-0.1, -0.05) is 32.4 Å². The van der Waals surface area contributed by atoms with E-state index in [1.54, 1.807) is 6.08 Å². The monoisotopic (exact) mass is 722 g/mol. The van der Waals surface area contributed by atoms with Crippen molar-refractivity contribution >= 4 is 0 Å². The Labute approximate surface area is 304 Å². The maximum absolute atomic E-state index is 11.8. The Bertz CT molecular complexity index is 1250. The van der Waals surface area contributed by atoms with Crippen LogP contribution in [0.15, 0.2) is 23.3 Å². The van der Waals surface area contributed by atoms with E-state index in [4.69, 9.17) is 18.9 Å². The average Bonchev–Trinajstić information content (AvgIpc) is 3.56. The minimum atomic E-state index is -1.57. The molecule has 19 atom stereocenters. The highest BCUT2D eigenvalue weighted by Gasteiger charge is 2.65. The van der Waals surface area contributed by atoms with Gasteiger partial charge in [0.15, 0.2) is 12.6 Å². The molecule has 0 radical (unpaired) electrons. The van der Waals surface area contributed by atoms with E-state index in [0.29, 0.717) is 17.8 Å². The fourth-order valence-electron chi connectivity index (χ4n) is 12.0. The summed E-state index contributed by atoms with van der Waals surface area (Å²) < 4.78 is 24.8. The van der Waals surface area contributed by atoms with Crippen LogP contribution >= 0.6 is 0 Å². The molecule has 1 saturated heterocycles. The standard InChI is InChI=1S/C40H66O11/c1-20(2)8-7-9-26(43)23-10-11-25-33(23)27(44)17-32-39(5)15-13-28(22(4)24(39)12-14-40(25,32)6)48-37-29(16-21(3)30(18-41)50-37)49-38-36(47)35(46)34(45)31(19-42)51-38/h8,16,22-38,41-47H,7,9-15,17-19H2,1-6H3. The third-order valence-electron chi connectivity index (χ3n) is 14.8. The van der Waals surface area contributed by atoms with Gasteiger partial charge in [-0.3, -0.25) is 0 Å². The molecule has 292 valence electrons. The summed E-state index contributed by atoms with van der Waals surface area (Å²) >= 11 is 0. The summed E-state index contributed by atoms with van der Waals surface area (Å²) in [6.45, 7) is 12.4. The van der Waals surface area contributed by atoms with Crippen molar-refractivity contribution in [3.8, 4) is 0 Å². The molecule has 0 amide bonds. The van der Waals surface area contributed by atoms with Crippen molar-refractivity contribution < 1.29 is 54.7 Å². The Balaban J connectivity index is 1.16. The predicted molar refractivity (Wildman–Crippen MR) is 189 cm³/mol. The van der Waals surface area contributed by atoms with Gasteiger partial charge in [0.2, 0.25) is 0 Å². The molecule has 19 unspecified atom stereocenters. The number of allylic oxidation sites excluding steroid dienone is 2. The van der Waals surface area contributed by atoms with E-state index in [1.165, 1.54) is 5.57 Å². The van der Waals surface area contributed by atoms with E-state index >= 15 is 0 Å². The smallest absolute Gasteiger partial charge is 0.188 e. The van der Waals surface area contributed by atoms with Crippen molar-refractivity contribution in [2.75, 3.05) is 13.2 Å². The van der Waals surface area contributed by atoms with Crippen molar-refractivity contribution in [2.45, 2.75) is 167 Å². The number of aliphatic hydroxyl groups excluding tert-OH is 7. The minimum absolute atomic E-state index is 0.0160. The lowest BCUT2D eigenvalue weighted by molar-refractivity contribution is -0.336. The van der Waals surface area contributed by atoms with Gasteiger partial charge in [0, 0.05) is 0 Å². The molecule has 11 nitrogen and oxygen atoms in total. The first-order chi connectivity index (χ1) is 24.1. The Morgan fingerprint density at radius 3 is 2.29 bits per heavy atom. The molecular weight excluding hydrogens is 656 g/mol. The third-order valence-corrected chi connectivity index (χ3v) is 14.8. The zero-order valence-corrected chi connectivity index (χ0v) is 31.5. The summed E-state index contributed by atoms with van der Waals surface area (Å²) in [4.78, 5) is 0. The first kappa shape index (κ1) is 39.7. The Morgan fingerprint density at radius 1 is 0.902 bits per heavy atom. The zero-order valence-electron chi connectivity index (χ0n) is 31.5. The second-order valence-corrected chi connectivity index (χ2v) is 17.8. The van der Waals surface area contributed by atoms with Crippen LogP contribution in [-0.4, -0.2) is 116 Å². The lowest BCUT2D eigenvalue weighted by atomic mass is 9.40. The molecule has 5 fully saturated rings. The topological polar surface area (TPSA) is 179 Å². The molecule has 6 aliphatic rings. The summed E-state index contributed by atoms with van der Waals surface area (Å²) in [5, 5.41) is 74.2. The van der Waals surface area contributed by atoms with Gasteiger partial charge in [-0.05, 0) is 137 Å². The summed E-state index contributed by atoms with van der Waals surface area (Å²) in [6.07, 6.45) is 1.84. The molecule has 0 aromatic heterocycles. The first-order valence-corrected chi connectivity index (χ1v) is 19.7. The van der Waals surface area contributed by atoms with E-state index < -0.39 is 61.9 Å². The van der Waals surface area contributed by atoms with Crippen LogP contribution in [0, 0.1) is 46.3 Å². The molecule has 0 aromatic carbocycles. The van der Waals surface area contributed by atoms with Crippen LogP contribution in [0.5, 0.6) is 0 Å². The van der Waals surface area contributed by atoms with Crippen molar-refractivity contribution in [3.63, 3.8) is 0 Å². The van der Waals surface area contributed by atoms with E-state index in [1.807, 2.05) is 6.92 Å². The fourth-order valence-corrected chi connectivity index (χ4v) is 12.0. The molecular formula is C40H66O11. The van der Waals surface area contributed by atoms with Gasteiger partial charge < -0.3 is 54.7 Å². The summed E-state index contributed by atoms with van der Waals surface area (Å²) in [6, 6.07) is 0. The van der Waals surface area contributed by atoms with Crippen LogP contribution in [0.3, 0.4) is 0 Å². The molecule has 4 saturated carbocycles. The maximum Gasteiger partial charge on any atom is 0.188 e. The number of aliphatic hydroxyl groups is 7. The van der Waals surface area contributed by atoms with Gasteiger partial charge in [-0.15, -0.1) is 0 Å². The zero-order chi connectivity index (χ0) is 37.0.